The van der Waals surface area contributed by atoms with E-state index in [9.17, 15) is 8.42 Å². The van der Waals surface area contributed by atoms with Crippen LogP contribution in [0.3, 0.4) is 0 Å². The zero-order chi connectivity index (χ0) is 15.9. The first-order chi connectivity index (χ1) is 9.86. The summed E-state index contributed by atoms with van der Waals surface area (Å²) in [6.07, 6.45) is 4.93. The molecule has 0 aliphatic rings. The average molecular weight is 311 g/mol. The van der Waals surface area contributed by atoms with Crippen molar-refractivity contribution < 1.29 is 13.2 Å². The minimum absolute atomic E-state index is 0.0667. The number of hydrogen-bond acceptors (Lipinski definition) is 4. The molecule has 21 heavy (non-hydrogen) atoms. The lowest BCUT2D eigenvalue weighted by atomic mass is 10.2. The maximum Gasteiger partial charge on any atom is 0.175 e. The predicted octanol–water partition coefficient (Wildman–Crippen LogP) is 2.76. The van der Waals surface area contributed by atoms with Gasteiger partial charge in [-0.05, 0) is 50.7 Å². The smallest absolute Gasteiger partial charge is 0.175 e. The average Bonchev–Trinajstić information content (AvgIpc) is 2.44. The molecule has 0 spiro atoms. The van der Waals surface area contributed by atoms with E-state index in [1.165, 1.54) is 6.26 Å². The topological polar surface area (TPSA) is 46.6 Å². The third-order valence-corrected chi connectivity index (χ3v) is 4.43. The summed E-state index contributed by atoms with van der Waals surface area (Å²) in [5, 5.41) is 0. The first kappa shape index (κ1) is 17.7. The molecule has 4 nitrogen and oxygen atoms in total. The van der Waals surface area contributed by atoms with Crippen LogP contribution in [0.2, 0.25) is 0 Å². The van der Waals surface area contributed by atoms with Crippen LogP contribution in [0.1, 0.15) is 19.8 Å². The molecule has 1 unspecified atom stereocenters. The Bertz CT molecular complexity index is 537. The van der Waals surface area contributed by atoms with E-state index >= 15 is 0 Å². The number of allylic oxidation sites excluding steroid dienone is 1. The van der Waals surface area contributed by atoms with Crippen LogP contribution in [-0.4, -0.2) is 45.8 Å². The molecule has 0 N–H and O–H groups in total. The van der Waals surface area contributed by atoms with Crippen LogP contribution in [0.25, 0.3) is 0 Å². The molecule has 1 atom stereocenters. The first-order valence-electron chi connectivity index (χ1n) is 7.13. The first-order valence-corrected chi connectivity index (χ1v) is 9.02. The fourth-order valence-corrected chi connectivity index (χ4v) is 2.56. The molecular formula is C16H25NO3S. The van der Waals surface area contributed by atoms with Crippen molar-refractivity contribution in [3.8, 4) is 5.75 Å². The minimum atomic E-state index is -3.16. The second kappa shape index (κ2) is 8.20. The molecule has 0 amide bonds. The van der Waals surface area contributed by atoms with Gasteiger partial charge < -0.3 is 9.64 Å². The Morgan fingerprint density at radius 3 is 2.43 bits per heavy atom. The highest BCUT2D eigenvalue weighted by atomic mass is 32.2. The van der Waals surface area contributed by atoms with Crippen LogP contribution >= 0.6 is 0 Å². The van der Waals surface area contributed by atoms with E-state index in [4.69, 9.17) is 4.74 Å². The molecule has 1 aromatic carbocycles. The van der Waals surface area contributed by atoms with E-state index in [2.05, 4.69) is 25.5 Å². The second-order valence-corrected chi connectivity index (χ2v) is 7.22. The molecule has 0 fully saturated rings. The van der Waals surface area contributed by atoms with Gasteiger partial charge in [-0.2, -0.15) is 0 Å². The lowest BCUT2D eigenvalue weighted by Gasteiger charge is -2.24. The van der Waals surface area contributed by atoms with Crippen LogP contribution in [-0.2, 0) is 9.84 Å². The van der Waals surface area contributed by atoms with Gasteiger partial charge in [0, 0.05) is 12.8 Å². The van der Waals surface area contributed by atoms with Gasteiger partial charge in [0.1, 0.15) is 11.9 Å². The Morgan fingerprint density at radius 1 is 1.33 bits per heavy atom. The van der Waals surface area contributed by atoms with E-state index in [0.717, 1.165) is 25.9 Å². The molecule has 0 aliphatic carbocycles. The van der Waals surface area contributed by atoms with E-state index in [0.29, 0.717) is 10.6 Å². The van der Waals surface area contributed by atoms with Gasteiger partial charge in [0.2, 0.25) is 0 Å². The molecular weight excluding hydrogens is 286 g/mol. The quantitative estimate of drug-likeness (QED) is 0.658. The Labute approximate surface area is 128 Å². The van der Waals surface area contributed by atoms with Crippen molar-refractivity contribution in [3.05, 3.63) is 36.9 Å². The SMILES string of the molecule is C=CCCC(CN(C)CC)Oc1ccc(S(C)(=O)=O)cc1. The Balaban J connectivity index is 2.75. The number of benzene rings is 1. The van der Waals surface area contributed by atoms with Crippen LogP contribution < -0.4 is 4.74 Å². The largest absolute Gasteiger partial charge is 0.489 e. The fourth-order valence-electron chi connectivity index (χ4n) is 1.93. The van der Waals surface area contributed by atoms with Crippen molar-refractivity contribution in [2.75, 3.05) is 26.4 Å². The van der Waals surface area contributed by atoms with Crippen LogP contribution in [0.4, 0.5) is 0 Å². The summed E-state index contributed by atoms with van der Waals surface area (Å²) in [5.41, 5.74) is 0. The number of rotatable bonds is 9. The number of ether oxygens (including phenoxy) is 1. The maximum atomic E-state index is 11.4. The van der Waals surface area contributed by atoms with Crippen molar-refractivity contribution >= 4 is 9.84 Å². The summed E-state index contributed by atoms with van der Waals surface area (Å²) in [6.45, 7) is 7.64. The summed E-state index contributed by atoms with van der Waals surface area (Å²) in [7, 11) is -1.11. The summed E-state index contributed by atoms with van der Waals surface area (Å²) in [6, 6.07) is 6.59. The molecule has 1 rings (SSSR count). The highest BCUT2D eigenvalue weighted by Crippen LogP contribution is 2.18. The van der Waals surface area contributed by atoms with Gasteiger partial charge in [0.15, 0.2) is 9.84 Å². The standard InChI is InChI=1S/C16H25NO3S/c1-5-7-8-15(13-17(3)6-2)20-14-9-11-16(12-10-14)21(4,18)19/h5,9-12,15H,1,6-8,13H2,2-4H3. The molecule has 118 valence electrons. The lowest BCUT2D eigenvalue weighted by Crippen LogP contribution is -2.32. The van der Waals surface area contributed by atoms with Crippen LogP contribution in [0, 0.1) is 0 Å². The molecule has 0 aromatic heterocycles. The number of sulfone groups is 1. The Hall–Kier alpha value is -1.33. The van der Waals surface area contributed by atoms with Crippen LogP contribution in [0.15, 0.2) is 41.8 Å². The number of likely N-dealkylation sites (N-methyl/N-ethyl adjacent to an activating group) is 1. The predicted molar refractivity (Wildman–Crippen MR) is 86.6 cm³/mol. The molecule has 0 saturated carbocycles. The highest BCUT2D eigenvalue weighted by Gasteiger charge is 2.13. The molecule has 0 bridgehead atoms. The highest BCUT2D eigenvalue weighted by molar-refractivity contribution is 7.90. The van der Waals surface area contributed by atoms with Gasteiger partial charge in [-0.25, -0.2) is 8.42 Å². The van der Waals surface area contributed by atoms with E-state index < -0.39 is 9.84 Å². The normalized spacial score (nSPS) is 13.1. The van der Waals surface area contributed by atoms with Gasteiger partial charge in [0.25, 0.3) is 0 Å². The van der Waals surface area contributed by atoms with Gasteiger partial charge in [-0.1, -0.05) is 13.0 Å². The summed E-state index contributed by atoms with van der Waals surface area (Å²) in [5.74, 6) is 0.695. The van der Waals surface area contributed by atoms with E-state index in [-0.39, 0.29) is 6.10 Å². The Kier molecular flexibility index (Phi) is 6.92. The zero-order valence-electron chi connectivity index (χ0n) is 13.1. The van der Waals surface area contributed by atoms with Crippen molar-refractivity contribution in [1.29, 1.82) is 0 Å². The Morgan fingerprint density at radius 2 is 1.95 bits per heavy atom. The molecule has 0 radical (unpaired) electrons. The van der Waals surface area contributed by atoms with Gasteiger partial charge in [0.05, 0.1) is 4.90 Å². The number of nitrogens with zero attached hydrogens (tertiary/aromatic N) is 1. The third-order valence-electron chi connectivity index (χ3n) is 3.30. The minimum Gasteiger partial charge on any atom is -0.489 e. The van der Waals surface area contributed by atoms with Crippen LogP contribution in [0.5, 0.6) is 5.75 Å². The molecule has 1 aromatic rings. The zero-order valence-corrected chi connectivity index (χ0v) is 13.9. The van der Waals surface area contributed by atoms with Crippen molar-refractivity contribution in [2.24, 2.45) is 0 Å². The van der Waals surface area contributed by atoms with Crippen molar-refractivity contribution in [3.63, 3.8) is 0 Å². The van der Waals surface area contributed by atoms with Gasteiger partial charge in [-0.15, -0.1) is 6.58 Å². The fraction of sp³-hybridized carbons (Fsp3) is 0.500. The third kappa shape index (κ3) is 6.31. The molecule has 0 saturated heterocycles. The van der Waals surface area contributed by atoms with Crippen molar-refractivity contribution in [2.45, 2.75) is 30.8 Å². The number of hydrogen-bond donors (Lipinski definition) is 0. The monoisotopic (exact) mass is 311 g/mol. The summed E-state index contributed by atoms with van der Waals surface area (Å²) in [4.78, 5) is 2.50. The summed E-state index contributed by atoms with van der Waals surface area (Å²) >= 11 is 0. The molecule has 0 heterocycles. The lowest BCUT2D eigenvalue weighted by molar-refractivity contribution is 0.143. The molecule has 0 aliphatic heterocycles. The summed E-state index contributed by atoms with van der Waals surface area (Å²) < 4.78 is 28.8. The van der Waals surface area contributed by atoms with E-state index in [1.807, 2.05) is 6.08 Å². The van der Waals surface area contributed by atoms with Gasteiger partial charge >= 0.3 is 0 Å². The van der Waals surface area contributed by atoms with E-state index in [1.54, 1.807) is 24.3 Å². The van der Waals surface area contributed by atoms with Gasteiger partial charge in [-0.3, -0.25) is 0 Å². The van der Waals surface area contributed by atoms with Crippen molar-refractivity contribution in [1.82, 2.24) is 4.90 Å². The second-order valence-electron chi connectivity index (χ2n) is 5.20. The molecule has 5 heteroatoms. The maximum absolute atomic E-state index is 11.4.